The number of halogens is 1. The quantitative estimate of drug-likeness (QED) is 0.522. The molecule has 0 fully saturated rings. The average molecular weight is 357 g/mol. The molecule has 0 saturated carbocycles. The summed E-state index contributed by atoms with van der Waals surface area (Å²) in [5, 5.41) is 9.04. The van der Waals surface area contributed by atoms with Gasteiger partial charge in [0, 0.05) is 24.4 Å². The molecule has 0 saturated heterocycles. The highest BCUT2D eigenvalue weighted by Crippen LogP contribution is 2.35. The van der Waals surface area contributed by atoms with Crippen LogP contribution in [-0.4, -0.2) is 16.7 Å². The van der Waals surface area contributed by atoms with Crippen LogP contribution in [0.3, 0.4) is 0 Å². The molecule has 5 heteroatoms. The summed E-state index contributed by atoms with van der Waals surface area (Å²) in [6.07, 6.45) is 1.94. The van der Waals surface area contributed by atoms with Gasteiger partial charge in [-0.15, -0.1) is 0 Å². The molecular formula is C22H16FN3O. The zero-order valence-corrected chi connectivity index (χ0v) is 14.9. The van der Waals surface area contributed by atoms with Crippen molar-refractivity contribution in [2.45, 2.75) is 0 Å². The molecule has 0 unspecified atom stereocenters. The fourth-order valence-electron chi connectivity index (χ4n) is 3.16. The van der Waals surface area contributed by atoms with Gasteiger partial charge in [0.1, 0.15) is 0 Å². The van der Waals surface area contributed by atoms with Crippen molar-refractivity contribution in [1.29, 1.82) is 5.26 Å². The molecule has 4 rings (SSSR count). The predicted molar refractivity (Wildman–Crippen MR) is 103 cm³/mol. The molecule has 4 aromatic rings. The number of aromatic nitrogens is 2. The van der Waals surface area contributed by atoms with Gasteiger partial charge in [-0.3, -0.25) is 0 Å². The van der Waals surface area contributed by atoms with Gasteiger partial charge in [0.25, 0.3) is 0 Å². The summed E-state index contributed by atoms with van der Waals surface area (Å²) in [5.74, 6) is -0.241. The molecule has 0 spiro atoms. The first kappa shape index (κ1) is 16.8. The highest BCUT2D eigenvalue weighted by atomic mass is 19.1. The average Bonchev–Trinajstić information content (AvgIpc) is 3.07. The summed E-state index contributed by atoms with van der Waals surface area (Å²) in [6.45, 7) is 0. The molecule has 132 valence electrons. The van der Waals surface area contributed by atoms with Crippen molar-refractivity contribution in [3.8, 4) is 34.2 Å². The van der Waals surface area contributed by atoms with Gasteiger partial charge in [0.15, 0.2) is 11.6 Å². The number of fused-ring (bicyclic) bond motifs is 1. The van der Waals surface area contributed by atoms with Crippen LogP contribution in [-0.2, 0) is 7.05 Å². The van der Waals surface area contributed by atoms with Gasteiger partial charge >= 0.3 is 0 Å². The number of nitrogens with zero attached hydrogens (tertiary/aromatic N) is 3. The topological polar surface area (TPSA) is 50.8 Å². The van der Waals surface area contributed by atoms with Crippen molar-refractivity contribution in [3.63, 3.8) is 0 Å². The van der Waals surface area contributed by atoms with Gasteiger partial charge in [0.2, 0.25) is 0 Å². The molecule has 2 aromatic heterocycles. The number of rotatable bonds is 3. The number of hydrogen-bond donors (Lipinski definition) is 0. The zero-order valence-electron chi connectivity index (χ0n) is 14.9. The Balaban J connectivity index is 1.97. The minimum atomic E-state index is -0.435. The summed E-state index contributed by atoms with van der Waals surface area (Å²) in [6, 6.07) is 18.2. The molecule has 0 aliphatic heterocycles. The monoisotopic (exact) mass is 357 g/mol. The molecule has 2 heterocycles. The number of methoxy groups -OCH3 is 1. The summed E-state index contributed by atoms with van der Waals surface area (Å²) in [5.41, 5.74) is 5.53. The van der Waals surface area contributed by atoms with E-state index in [9.17, 15) is 4.39 Å². The van der Waals surface area contributed by atoms with Crippen molar-refractivity contribution in [2.24, 2.45) is 7.05 Å². The lowest BCUT2D eigenvalue weighted by Crippen LogP contribution is -1.95. The first-order valence-corrected chi connectivity index (χ1v) is 8.41. The lowest BCUT2D eigenvalue weighted by atomic mass is 9.98. The van der Waals surface area contributed by atoms with E-state index in [1.165, 1.54) is 13.2 Å². The van der Waals surface area contributed by atoms with Crippen LogP contribution in [0.4, 0.5) is 4.39 Å². The molecule has 0 amide bonds. The van der Waals surface area contributed by atoms with Crippen LogP contribution in [0.1, 0.15) is 5.56 Å². The van der Waals surface area contributed by atoms with Crippen LogP contribution >= 0.6 is 0 Å². The van der Waals surface area contributed by atoms with E-state index in [0.29, 0.717) is 16.8 Å². The Kier molecular flexibility index (Phi) is 4.09. The lowest BCUT2D eigenvalue weighted by molar-refractivity contribution is 0.386. The Morgan fingerprint density at radius 1 is 1.04 bits per heavy atom. The maximum Gasteiger partial charge on any atom is 0.165 e. The van der Waals surface area contributed by atoms with E-state index >= 15 is 0 Å². The number of pyridine rings is 1. The molecule has 2 aromatic carbocycles. The molecule has 27 heavy (non-hydrogen) atoms. The predicted octanol–water partition coefficient (Wildman–Crippen LogP) is 4.93. The molecule has 0 N–H and O–H groups in total. The van der Waals surface area contributed by atoms with Gasteiger partial charge in [-0.2, -0.15) is 5.26 Å². The molecule has 0 aliphatic carbocycles. The molecule has 0 radical (unpaired) electrons. The number of aryl methyl sites for hydroxylation is 1. The molecule has 0 bridgehead atoms. The number of hydrogen-bond acceptors (Lipinski definition) is 3. The Hall–Kier alpha value is -3.65. The zero-order chi connectivity index (χ0) is 19.0. The van der Waals surface area contributed by atoms with Crippen LogP contribution in [0, 0.1) is 17.1 Å². The van der Waals surface area contributed by atoms with Crippen molar-refractivity contribution in [3.05, 3.63) is 72.2 Å². The SMILES string of the molecule is COc1ccc(-c2nc3ccn(C)c3cc2-c2ccc(C#N)cc2)cc1F. The van der Waals surface area contributed by atoms with Crippen molar-refractivity contribution in [1.82, 2.24) is 9.55 Å². The van der Waals surface area contributed by atoms with Crippen molar-refractivity contribution >= 4 is 11.0 Å². The standard InChI is InChI=1S/C22H16FN3O/c1-26-10-9-19-20(26)12-17(15-5-3-14(13-24)4-6-15)22(25-19)16-7-8-21(27-2)18(23)11-16/h3-12H,1-2H3. The Morgan fingerprint density at radius 3 is 2.44 bits per heavy atom. The molecular weight excluding hydrogens is 341 g/mol. The molecule has 0 aliphatic rings. The van der Waals surface area contributed by atoms with E-state index in [4.69, 9.17) is 15.0 Å². The summed E-state index contributed by atoms with van der Waals surface area (Å²) in [4.78, 5) is 4.79. The van der Waals surface area contributed by atoms with Crippen LogP contribution in [0.5, 0.6) is 5.75 Å². The van der Waals surface area contributed by atoms with Crippen molar-refractivity contribution < 1.29 is 9.13 Å². The van der Waals surface area contributed by atoms with Gasteiger partial charge in [-0.25, -0.2) is 9.37 Å². The first-order chi connectivity index (χ1) is 13.1. The lowest BCUT2D eigenvalue weighted by Gasteiger charge is -2.12. The van der Waals surface area contributed by atoms with E-state index in [-0.39, 0.29) is 5.75 Å². The first-order valence-electron chi connectivity index (χ1n) is 8.41. The van der Waals surface area contributed by atoms with Gasteiger partial charge in [-0.05, 0) is 48.0 Å². The Bertz CT molecular complexity index is 1190. The van der Waals surface area contributed by atoms with Gasteiger partial charge < -0.3 is 9.30 Å². The second kappa shape index (κ2) is 6.58. The highest BCUT2D eigenvalue weighted by Gasteiger charge is 2.15. The molecule has 0 atom stereocenters. The second-order valence-electron chi connectivity index (χ2n) is 6.25. The smallest absolute Gasteiger partial charge is 0.165 e. The van der Waals surface area contributed by atoms with Crippen LogP contribution in [0.15, 0.2) is 60.8 Å². The maximum absolute atomic E-state index is 14.3. The third-order valence-corrected chi connectivity index (χ3v) is 4.62. The van der Waals surface area contributed by atoms with E-state index in [0.717, 1.165) is 22.2 Å². The largest absolute Gasteiger partial charge is 0.494 e. The van der Waals surface area contributed by atoms with E-state index < -0.39 is 5.82 Å². The highest BCUT2D eigenvalue weighted by molar-refractivity contribution is 5.90. The van der Waals surface area contributed by atoms with Crippen LogP contribution < -0.4 is 4.74 Å². The molecule has 4 nitrogen and oxygen atoms in total. The summed E-state index contributed by atoms with van der Waals surface area (Å²) < 4.78 is 21.3. The van der Waals surface area contributed by atoms with Crippen LogP contribution in [0.25, 0.3) is 33.4 Å². The van der Waals surface area contributed by atoms with Crippen LogP contribution in [0.2, 0.25) is 0 Å². The fraction of sp³-hybridized carbons (Fsp3) is 0.0909. The van der Waals surface area contributed by atoms with E-state index in [2.05, 4.69) is 6.07 Å². The number of benzene rings is 2. The Morgan fingerprint density at radius 2 is 1.78 bits per heavy atom. The van der Waals surface area contributed by atoms with Crippen molar-refractivity contribution in [2.75, 3.05) is 7.11 Å². The number of nitriles is 1. The summed E-state index contributed by atoms with van der Waals surface area (Å²) in [7, 11) is 3.40. The maximum atomic E-state index is 14.3. The second-order valence-corrected chi connectivity index (χ2v) is 6.25. The minimum Gasteiger partial charge on any atom is -0.494 e. The minimum absolute atomic E-state index is 0.194. The van der Waals surface area contributed by atoms with Gasteiger partial charge in [0.05, 0.1) is 35.5 Å². The van der Waals surface area contributed by atoms with E-state index in [1.54, 1.807) is 24.3 Å². The van der Waals surface area contributed by atoms with E-state index in [1.807, 2.05) is 42.1 Å². The fourth-order valence-corrected chi connectivity index (χ4v) is 3.16. The number of ether oxygens (including phenoxy) is 1. The normalized spacial score (nSPS) is 10.7. The Labute approximate surface area is 156 Å². The summed E-state index contributed by atoms with van der Waals surface area (Å²) >= 11 is 0. The third-order valence-electron chi connectivity index (χ3n) is 4.62. The third kappa shape index (κ3) is 2.91. The van der Waals surface area contributed by atoms with Gasteiger partial charge in [-0.1, -0.05) is 12.1 Å².